The molecule has 0 amide bonds. The molecule has 1 aromatic heterocycles. The SMILES string of the molecule is CCCCCCCCc1cc2ccccc2cn1. The Morgan fingerprint density at radius 2 is 1.61 bits per heavy atom. The molecule has 1 aromatic carbocycles. The average Bonchev–Trinajstić information content (AvgIpc) is 2.42. The van der Waals surface area contributed by atoms with Crippen LogP contribution in [0, 0.1) is 0 Å². The van der Waals surface area contributed by atoms with Gasteiger partial charge in [-0.2, -0.15) is 0 Å². The van der Waals surface area contributed by atoms with Crippen molar-refractivity contribution < 1.29 is 0 Å². The van der Waals surface area contributed by atoms with E-state index in [0.29, 0.717) is 0 Å². The molecule has 0 spiro atoms. The standard InChI is InChI=1S/C17H23N/c1-2-3-4-5-6-7-12-17-13-15-10-8-9-11-16(15)14-18-17/h8-11,13-14H,2-7,12H2,1H3. The van der Waals surface area contributed by atoms with E-state index in [2.05, 4.69) is 42.2 Å². The van der Waals surface area contributed by atoms with Crippen LogP contribution < -0.4 is 0 Å². The van der Waals surface area contributed by atoms with Crippen molar-refractivity contribution >= 4 is 10.8 Å². The normalized spacial score (nSPS) is 10.9. The van der Waals surface area contributed by atoms with Crippen LogP contribution in [0.15, 0.2) is 36.5 Å². The van der Waals surface area contributed by atoms with E-state index in [-0.39, 0.29) is 0 Å². The summed E-state index contributed by atoms with van der Waals surface area (Å²) in [5, 5.41) is 2.55. The molecular weight excluding hydrogens is 218 g/mol. The highest BCUT2D eigenvalue weighted by atomic mass is 14.7. The lowest BCUT2D eigenvalue weighted by molar-refractivity contribution is 0.605. The fourth-order valence-electron chi connectivity index (χ4n) is 2.35. The molecule has 0 radical (unpaired) electrons. The van der Waals surface area contributed by atoms with Crippen LogP contribution in [0.5, 0.6) is 0 Å². The van der Waals surface area contributed by atoms with Gasteiger partial charge in [0, 0.05) is 17.3 Å². The number of hydrogen-bond acceptors (Lipinski definition) is 1. The molecule has 96 valence electrons. The lowest BCUT2D eigenvalue weighted by Crippen LogP contribution is -1.90. The Labute approximate surface area is 110 Å². The second kappa shape index (κ2) is 7.15. The van der Waals surface area contributed by atoms with Gasteiger partial charge in [0.2, 0.25) is 0 Å². The van der Waals surface area contributed by atoms with Crippen LogP contribution >= 0.6 is 0 Å². The van der Waals surface area contributed by atoms with Crippen molar-refractivity contribution in [2.24, 2.45) is 0 Å². The summed E-state index contributed by atoms with van der Waals surface area (Å²) >= 11 is 0. The predicted octanol–water partition coefficient (Wildman–Crippen LogP) is 5.14. The summed E-state index contributed by atoms with van der Waals surface area (Å²) in [6, 6.07) is 10.7. The molecule has 0 bridgehead atoms. The highest BCUT2D eigenvalue weighted by molar-refractivity contribution is 5.81. The quantitative estimate of drug-likeness (QED) is 0.612. The van der Waals surface area contributed by atoms with Gasteiger partial charge in [-0.1, -0.05) is 63.3 Å². The fraction of sp³-hybridized carbons (Fsp3) is 0.471. The van der Waals surface area contributed by atoms with E-state index in [1.54, 1.807) is 0 Å². The van der Waals surface area contributed by atoms with Crippen molar-refractivity contribution in [3.05, 3.63) is 42.2 Å². The largest absolute Gasteiger partial charge is 0.261 e. The monoisotopic (exact) mass is 241 g/mol. The minimum atomic E-state index is 1.12. The number of rotatable bonds is 7. The molecule has 1 heteroatoms. The zero-order chi connectivity index (χ0) is 12.6. The molecule has 0 aliphatic carbocycles. The van der Waals surface area contributed by atoms with Crippen LogP contribution in [-0.4, -0.2) is 4.98 Å². The van der Waals surface area contributed by atoms with Gasteiger partial charge in [-0.25, -0.2) is 0 Å². The third-order valence-electron chi connectivity index (χ3n) is 3.47. The van der Waals surface area contributed by atoms with E-state index in [4.69, 9.17) is 0 Å². The zero-order valence-corrected chi connectivity index (χ0v) is 11.4. The summed E-state index contributed by atoms with van der Waals surface area (Å²) in [4.78, 5) is 4.54. The molecule has 0 saturated heterocycles. The van der Waals surface area contributed by atoms with E-state index in [1.165, 1.54) is 55.0 Å². The molecule has 0 aliphatic rings. The number of aromatic nitrogens is 1. The molecular formula is C17H23N. The maximum absolute atomic E-state index is 4.54. The van der Waals surface area contributed by atoms with Gasteiger partial charge in [0.05, 0.1) is 0 Å². The first-order valence-electron chi connectivity index (χ1n) is 7.24. The highest BCUT2D eigenvalue weighted by Gasteiger charge is 1.98. The molecule has 2 aromatic rings. The number of nitrogens with zero attached hydrogens (tertiary/aromatic N) is 1. The number of benzene rings is 1. The number of hydrogen-bond donors (Lipinski definition) is 0. The predicted molar refractivity (Wildman–Crippen MR) is 78.8 cm³/mol. The van der Waals surface area contributed by atoms with E-state index < -0.39 is 0 Å². The van der Waals surface area contributed by atoms with Gasteiger partial charge in [-0.15, -0.1) is 0 Å². The van der Waals surface area contributed by atoms with Gasteiger partial charge in [-0.05, 0) is 24.3 Å². The first kappa shape index (κ1) is 13.1. The fourth-order valence-corrected chi connectivity index (χ4v) is 2.35. The second-order valence-corrected chi connectivity index (χ2v) is 5.04. The Kier molecular flexibility index (Phi) is 5.19. The van der Waals surface area contributed by atoms with Crippen molar-refractivity contribution in [1.29, 1.82) is 0 Å². The van der Waals surface area contributed by atoms with Gasteiger partial charge in [0.1, 0.15) is 0 Å². The summed E-state index contributed by atoms with van der Waals surface area (Å²) in [7, 11) is 0. The molecule has 0 saturated carbocycles. The molecule has 0 unspecified atom stereocenters. The number of aryl methyl sites for hydroxylation is 1. The Bertz CT molecular complexity index is 476. The summed E-state index contributed by atoms with van der Waals surface area (Å²) in [5.74, 6) is 0. The molecule has 0 aliphatic heterocycles. The Morgan fingerprint density at radius 3 is 2.44 bits per heavy atom. The van der Waals surface area contributed by atoms with E-state index in [9.17, 15) is 0 Å². The molecule has 18 heavy (non-hydrogen) atoms. The maximum atomic E-state index is 4.54. The van der Waals surface area contributed by atoms with Gasteiger partial charge >= 0.3 is 0 Å². The van der Waals surface area contributed by atoms with Crippen LogP contribution in [0.25, 0.3) is 10.8 Å². The summed E-state index contributed by atoms with van der Waals surface area (Å²) < 4.78 is 0. The van der Waals surface area contributed by atoms with Crippen LogP contribution in [0.3, 0.4) is 0 Å². The smallest absolute Gasteiger partial charge is 0.0410 e. The lowest BCUT2D eigenvalue weighted by Gasteiger charge is -2.03. The topological polar surface area (TPSA) is 12.9 Å². The van der Waals surface area contributed by atoms with Gasteiger partial charge in [-0.3, -0.25) is 4.98 Å². The molecule has 0 N–H and O–H groups in total. The Hall–Kier alpha value is -1.37. The van der Waals surface area contributed by atoms with Crippen LogP contribution in [0.1, 0.15) is 51.1 Å². The third kappa shape index (κ3) is 3.83. The minimum absolute atomic E-state index is 1.12. The summed E-state index contributed by atoms with van der Waals surface area (Å²) in [5.41, 5.74) is 1.24. The summed E-state index contributed by atoms with van der Waals surface area (Å²) in [6.07, 6.45) is 11.2. The Morgan fingerprint density at radius 1 is 0.889 bits per heavy atom. The van der Waals surface area contributed by atoms with Crippen molar-refractivity contribution in [3.8, 4) is 0 Å². The highest BCUT2D eigenvalue weighted by Crippen LogP contribution is 2.15. The number of fused-ring (bicyclic) bond motifs is 1. The van der Waals surface area contributed by atoms with Gasteiger partial charge < -0.3 is 0 Å². The van der Waals surface area contributed by atoms with Gasteiger partial charge in [0.25, 0.3) is 0 Å². The van der Waals surface area contributed by atoms with E-state index in [1.807, 2.05) is 6.20 Å². The number of pyridine rings is 1. The van der Waals surface area contributed by atoms with Crippen molar-refractivity contribution in [3.63, 3.8) is 0 Å². The van der Waals surface area contributed by atoms with Crippen LogP contribution in [0.2, 0.25) is 0 Å². The lowest BCUT2D eigenvalue weighted by atomic mass is 10.1. The minimum Gasteiger partial charge on any atom is -0.261 e. The first-order valence-corrected chi connectivity index (χ1v) is 7.24. The first-order chi connectivity index (χ1) is 8.90. The number of unbranched alkanes of at least 4 members (excludes halogenated alkanes) is 5. The van der Waals surface area contributed by atoms with E-state index >= 15 is 0 Å². The van der Waals surface area contributed by atoms with E-state index in [0.717, 1.165) is 6.42 Å². The zero-order valence-electron chi connectivity index (χ0n) is 11.4. The van der Waals surface area contributed by atoms with Crippen molar-refractivity contribution in [2.45, 2.75) is 51.9 Å². The molecule has 0 fully saturated rings. The third-order valence-corrected chi connectivity index (χ3v) is 3.47. The molecule has 1 heterocycles. The van der Waals surface area contributed by atoms with Gasteiger partial charge in [0.15, 0.2) is 0 Å². The average molecular weight is 241 g/mol. The van der Waals surface area contributed by atoms with Crippen molar-refractivity contribution in [1.82, 2.24) is 4.98 Å². The van der Waals surface area contributed by atoms with Crippen LogP contribution in [-0.2, 0) is 6.42 Å². The molecule has 2 rings (SSSR count). The maximum Gasteiger partial charge on any atom is 0.0410 e. The Balaban J connectivity index is 1.81. The summed E-state index contributed by atoms with van der Waals surface area (Å²) in [6.45, 7) is 2.26. The van der Waals surface area contributed by atoms with Crippen molar-refractivity contribution in [2.75, 3.05) is 0 Å². The second-order valence-electron chi connectivity index (χ2n) is 5.04. The molecule has 1 nitrogen and oxygen atoms in total. The van der Waals surface area contributed by atoms with Crippen LogP contribution in [0.4, 0.5) is 0 Å². The molecule has 0 atom stereocenters.